The first-order valence-corrected chi connectivity index (χ1v) is 10.5. The van der Waals surface area contributed by atoms with Gasteiger partial charge in [-0.2, -0.15) is 0 Å². The van der Waals surface area contributed by atoms with Crippen LogP contribution in [-0.2, 0) is 10.3 Å². The molecular formula is C23H21N7O. The first-order chi connectivity index (χ1) is 15.3. The number of fused-ring (bicyclic) bond motifs is 6. The van der Waals surface area contributed by atoms with Crippen LogP contribution in [0.5, 0.6) is 0 Å². The summed E-state index contributed by atoms with van der Waals surface area (Å²) in [6.45, 7) is 4.10. The van der Waals surface area contributed by atoms with E-state index in [-0.39, 0.29) is 5.54 Å². The van der Waals surface area contributed by atoms with Gasteiger partial charge in [0.2, 0.25) is 0 Å². The van der Waals surface area contributed by atoms with Crippen LogP contribution in [0.4, 0.5) is 5.82 Å². The Morgan fingerprint density at radius 3 is 2.87 bits per heavy atom. The summed E-state index contributed by atoms with van der Waals surface area (Å²) in [6.07, 6.45) is 6.24. The minimum atomic E-state index is -0.384. The smallest absolute Gasteiger partial charge is 0.165 e. The lowest BCUT2D eigenvalue weighted by atomic mass is 9.90. The molecule has 2 aliphatic rings. The van der Waals surface area contributed by atoms with Gasteiger partial charge in [0.05, 0.1) is 25.1 Å². The van der Waals surface area contributed by atoms with Crippen molar-refractivity contribution in [2.45, 2.75) is 18.9 Å². The van der Waals surface area contributed by atoms with Crippen molar-refractivity contribution >= 4 is 5.82 Å². The molecule has 1 atom stereocenters. The molecule has 0 N–H and O–H groups in total. The second-order valence-electron chi connectivity index (χ2n) is 7.78. The Hall–Kier alpha value is -3.65. The van der Waals surface area contributed by atoms with Gasteiger partial charge in [-0.1, -0.05) is 37.3 Å². The van der Waals surface area contributed by atoms with Crippen LogP contribution in [0, 0.1) is 0 Å². The van der Waals surface area contributed by atoms with Crippen molar-refractivity contribution in [1.82, 2.24) is 29.7 Å². The van der Waals surface area contributed by atoms with E-state index in [0.717, 1.165) is 47.1 Å². The third-order valence-corrected chi connectivity index (χ3v) is 6.23. The number of anilines is 1. The minimum Gasteiger partial charge on any atom is -0.377 e. The SMILES string of the molecule is CC[C@@]12COCCN1c1nc(-c3cccnc3-c3ccccc3)ncc1-n1cnnc12. The Kier molecular flexibility index (Phi) is 4.07. The van der Waals surface area contributed by atoms with E-state index in [9.17, 15) is 0 Å². The predicted octanol–water partition coefficient (Wildman–Crippen LogP) is 3.24. The molecule has 0 unspecified atom stereocenters. The van der Waals surface area contributed by atoms with Crippen LogP contribution in [0.25, 0.3) is 28.3 Å². The zero-order valence-corrected chi connectivity index (χ0v) is 17.1. The number of rotatable bonds is 3. The summed E-state index contributed by atoms with van der Waals surface area (Å²) < 4.78 is 7.89. The molecule has 0 bridgehead atoms. The van der Waals surface area contributed by atoms with E-state index in [1.54, 1.807) is 12.5 Å². The number of nitrogens with zero attached hydrogens (tertiary/aromatic N) is 7. The molecule has 3 aromatic heterocycles. The molecule has 1 aromatic carbocycles. The highest BCUT2D eigenvalue weighted by atomic mass is 16.5. The molecule has 8 heteroatoms. The molecule has 0 aliphatic carbocycles. The number of benzene rings is 1. The van der Waals surface area contributed by atoms with Crippen LogP contribution in [0.3, 0.4) is 0 Å². The second-order valence-corrected chi connectivity index (χ2v) is 7.78. The number of aromatic nitrogens is 6. The Morgan fingerprint density at radius 1 is 1.10 bits per heavy atom. The number of pyridine rings is 1. The van der Waals surface area contributed by atoms with Gasteiger partial charge in [0.15, 0.2) is 17.5 Å². The Balaban J connectivity index is 1.55. The highest BCUT2D eigenvalue weighted by Gasteiger charge is 2.48. The average molecular weight is 411 g/mol. The summed E-state index contributed by atoms with van der Waals surface area (Å²) in [4.78, 5) is 16.8. The lowest BCUT2D eigenvalue weighted by Crippen LogP contribution is -2.58. The lowest BCUT2D eigenvalue weighted by molar-refractivity contribution is 0.0391. The fraction of sp³-hybridized carbons (Fsp3) is 0.261. The summed E-state index contributed by atoms with van der Waals surface area (Å²) in [7, 11) is 0. The van der Waals surface area contributed by atoms with E-state index in [1.165, 1.54) is 0 Å². The molecule has 0 radical (unpaired) electrons. The molecule has 8 nitrogen and oxygen atoms in total. The highest BCUT2D eigenvalue weighted by Crippen LogP contribution is 2.44. The predicted molar refractivity (Wildman–Crippen MR) is 116 cm³/mol. The first-order valence-electron chi connectivity index (χ1n) is 10.5. The van der Waals surface area contributed by atoms with Crippen molar-refractivity contribution in [3.05, 3.63) is 67.0 Å². The maximum atomic E-state index is 5.89. The number of morpholine rings is 1. The van der Waals surface area contributed by atoms with Crippen molar-refractivity contribution in [1.29, 1.82) is 0 Å². The highest BCUT2D eigenvalue weighted by molar-refractivity contribution is 5.78. The summed E-state index contributed by atoms with van der Waals surface area (Å²) in [5.74, 6) is 2.41. The lowest BCUT2D eigenvalue weighted by Gasteiger charge is -2.49. The van der Waals surface area contributed by atoms with E-state index in [1.807, 2.05) is 41.1 Å². The average Bonchev–Trinajstić information content (AvgIpc) is 3.35. The Morgan fingerprint density at radius 2 is 2.00 bits per heavy atom. The van der Waals surface area contributed by atoms with Crippen LogP contribution >= 0.6 is 0 Å². The van der Waals surface area contributed by atoms with Gasteiger partial charge in [0, 0.05) is 23.9 Å². The third-order valence-electron chi connectivity index (χ3n) is 6.23. The summed E-state index contributed by atoms with van der Waals surface area (Å²) in [6, 6.07) is 14.1. The van der Waals surface area contributed by atoms with Crippen LogP contribution < -0.4 is 4.90 Å². The Bertz CT molecular complexity index is 1260. The molecule has 6 rings (SSSR count). The summed E-state index contributed by atoms with van der Waals surface area (Å²) in [5, 5.41) is 8.63. The molecule has 0 spiro atoms. The normalized spacial score (nSPS) is 19.5. The molecule has 31 heavy (non-hydrogen) atoms. The fourth-order valence-corrected chi connectivity index (χ4v) is 4.64. The number of hydrogen-bond donors (Lipinski definition) is 0. The van der Waals surface area contributed by atoms with Gasteiger partial charge in [0.1, 0.15) is 17.6 Å². The van der Waals surface area contributed by atoms with Gasteiger partial charge in [-0.15, -0.1) is 10.2 Å². The van der Waals surface area contributed by atoms with Crippen LogP contribution in [0.15, 0.2) is 61.2 Å². The zero-order valence-electron chi connectivity index (χ0n) is 17.1. The van der Waals surface area contributed by atoms with Crippen molar-refractivity contribution in [3.63, 3.8) is 0 Å². The minimum absolute atomic E-state index is 0.384. The summed E-state index contributed by atoms with van der Waals surface area (Å²) in [5.41, 5.74) is 3.31. The van der Waals surface area contributed by atoms with Crippen molar-refractivity contribution < 1.29 is 4.74 Å². The maximum Gasteiger partial charge on any atom is 0.165 e. The largest absolute Gasteiger partial charge is 0.377 e. The molecule has 4 aromatic rings. The van der Waals surface area contributed by atoms with Crippen LogP contribution in [-0.4, -0.2) is 49.5 Å². The molecular weight excluding hydrogens is 390 g/mol. The van der Waals surface area contributed by atoms with Gasteiger partial charge in [-0.25, -0.2) is 9.97 Å². The second kappa shape index (κ2) is 6.95. The molecule has 2 aliphatic heterocycles. The van der Waals surface area contributed by atoms with E-state index in [4.69, 9.17) is 14.7 Å². The third kappa shape index (κ3) is 2.61. The zero-order chi connectivity index (χ0) is 20.8. The van der Waals surface area contributed by atoms with Gasteiger partial charge in [-0.3, -0.25) is 9.55 Å². The van der Waals surface area contributed by atoms with Gasteiger partial charge in [0.25, 0.3) is 0 Å². The molecule has 5 heterocycles. The van der Waals surface area contributed by atoms with Crippen molar-refractivity contribution in [2.75, 3.05) is 24.7 Å². The van der Waals surface area contributed by atoms with Crippen LogP contribution in [0.1, 0.15) is 19.2 Å². The molecule has 1 saturated heterocycles. The topological polar surface area (TPSA) is 81.9 Å². The van der Waals surface area contributed by atoms with E-state index in [2.05, 4.69) is 39.1 Å². The molecule has 154 valence electrons. The van der Waals surface area contributed by atoms with Crippen LogP contribution in [0.2, 0.25) is 0 Å². The number of ether oxygens (including phenoxy) is 1. The van der Waals surface area contributed by atoms with Gasteiger partial charge >= 0.3 is 0 Å². The van der Waals surface area contributed by atoms with Crippen molar-refractivity contribution in [2.24, 2.45) is 0 Å². The van der Waals surface area contributed by atoms with Gasteiger partial charge < -0.3 is 9.64 Å². The quantitative estimate of drug-likeness (QED) is 0.512. The van der Waals surface area contributed by atoms with Gasteiger partial charge in [-0.05, 0) is 18.6 Å². The first kappa shape index (κ1) is 18.1. The van der Waals surface area contributed by atoms with E-state index < -0.39 is 0 Å². The molecule has 0 saturated carbocycles. The molecule has 0 amide bonds. The van der Waals surface area contributed by atoms with Crippen molar-refractivity contribution in [3.8, 4) is 28.3 Å². The van der Waals surface area contributed by atoms with E-state index >= 15 is 0 Å². The Labute approximate surface area is 179 Å². The maximum absolute atomic E-state index is 5.89. The number of hydrogen-bond acceptors (Lipinski definition) is 7. The standard InChI is InChI=1S/C23H21N7O/c1-2-23-14-31-12-11-30(23)21-18(29-15-26-28-22(23)29)13-25-20(27-21)17-9-6-10-24-19(17)16-7-4-3-5-8-16/h3-10,13,15H,2,11-12,14H2,1H3/t23-/m0/s1. The summed E-state index contributed by atoms with van der Waals surface area (Å²) >= 11 is 0. The monoisotopic (exact) mass is 411 g/mol. The van der Waals surface area contributed by atoms with E-state index in [0.29, 0.717) is 19.0 Å². The molecule has 1 fully saturated rings. The fourth-order valence-electron chi connectivity index (χ4n) is 4.64.